The fourth-order valence-corrected chi connectivity index (χ4v) is 1.99. The average molecular weight is 232 g/mol. The molecule has 1 aromatic rings. The third kappa shape index (κ3) is 2.30. The molecule has 1 aromatic carbocycles. The van der Waals surface area contributed by atoms with Crippen LogP contribution in [0.15, 0.2) is 24.3 Å². The quantitative estimate of drug-likeness (QED) is 0.775. The predicted molar refractivity (Wildman–Crippen MR) is 66.0 cm³/mol. The van der Waals surface area contributed by atoms with Crippen molar-refractivity contribution in [3.63, 3.8) is 0 Å². The number of anilines is 1. The summed E-state index contributed by atoms with van der Waals surface area (Å²) in [6.07, 6.45) is 1.50. The molecule has 1 fully saturated rings. The lowest BCUT2D eigenvalue weighted by atomic mass is 10.1. The van der Waals surface area contributed by atoms with Crippen LogP contribution in [0.5, 0.6) is 0 Å². The third-order valence-corrected chi connectivity index (χ3v) is 2.88. The molecule has 0 spiro atoms. The molecule has 0 atom stereocenters. The van der Waals surface area contributed by atoms with Gasteiger partial charge in [0.25, 0.3) is 5.91 Å². The summed E-state index contributed by atoms with van der Waals surface area (Å²) in [5, 5.41) is 0. The normalized spacial score (nSPS) is 15.2. The molecule has 0 aliphatic carbocycles. The van der Waals surface area contributed by atoms with Crippen molar-refractivity contribution in [3.8, 4) is 0 Å². The number of rotatable bonds is 2. The van der Waals surface area contributed by atoms with Crippen LogP contribution in [0.1, 0.15) is 23.2 Å². The Labute approximate surface area is 101 Å². The second-order valence-electron chi connectivity index (χ2n) is 4.40. The summed E-state index contributed by atoms with van der Waals surface area (Å²) in [5.41, 5.74) is 1.44. The number of carbonyl (C=O) groups excluding carboxylic acids is 2. The molecule has 0 N–H and O–H groups in total. The first-order chi connectivity index (χ1) is 8.09. The first kappa shape index (κ1) is 11.6. The van der Waals surface area contributed by atoms with Crippen molar-refractivity contribution >= 4 is 17.5 Å². The lowest BCUT2D eigenvalue weighted by Crippen LogP contribution is -2.25. The summed E-state index contributed by atoms with van der Waals surface area (Å²) in [4.78, 5) is 26.7. The van der Waals surface area contributed by atoms with E-state index in [0.29, 0.717) is 12.0 Å². The Balaban J connectivity index is 2.28. The van der Waals surface area contributed by atoms with Crippen molar-refractivity contribution in [1.82, 2.24) is 4.90 Å². The first-order valence-corrected chi connectivity index (χ1v) is 5.71. The highest BCUT2D eigenvalue weighted by Gasteiger charge is 2.22. The van der Waals surface area contributed by atoms with Gasteiger partial charge in [0.15, 0.2) is 0 Å². The minimum absolute atomic E-state index is 0.0431. The molecule has 90 valence electrons. The number of hydrogen-bond acceptors (Lipinski definition) is 2. The van der Waals surface area contributed by atoms with Crippen LogP contribution in [0.2, 0.25) is 0 Å². The van der Waals surface area contributed by atoms with Crippen molar-refractivity contribution in [3.05, 3.63) is 29.8 Å². The number of hydrogen-bond donors (Lipinski definition) is 0. The summed E-state index contributed by atoms with van der Waals surface area (Å²) in [5.74, 6) is 0.0953. The zero-order chi connectivity index (χ0) is 12.4. The number of benzene rings is 1. The zero-order valence-corrected chi connectivity index (χ0v) is 10.1. The van der Waals surface area contributed by atoms with E-state index in [4.69, 9.17) is 0 Å². The maximum Gasteiger partial charge on any atom is 0.253 e. The maximum absolute atomic E-state index is 11.8. The molecule has 17 heavy (non-hydrogen) atoms. The number of carbonyl (C=O) groups is 2. The van der Waals surface area contributed by atoms with E-state index in [-0.39, 0.29) is 11.8 Å². The van der Waals surface area contributed by atoms with E-state index in [0.717, 1.165) is 18.7 Å². The van der Waals surface area contributed by atoms with Crippen LogP contribution in [0.3, 0.4) is 0 Å². The fourth-order valence-electron chi connectivity index (χ4n) is 1.99. The highest BCUT2D eigenvalue weighted by Crippen LogP contribution is 2.22. The summed E-state index contributed by atoms with van der Waals surface area (Å²) in [6.45, 7) is 0.748. The molecule has 0 bridgehead atoms. The standard InChI is InChI=1S/C13H16N2O2/c1-14(2)13(17)10-5-3-6-11(9-10)15-8-4-7-12(15)16/h3,5-6,9H,4,7-8H2,1-2H3. The molecule has 0 unspecified atom stereocenters. The van der Waals surface area contributed by atoms with E-state index < -0.39 is 0 Å². The summed E-state index contributed by atoms with van der Waals surface area (Å²) >= 11 is 0. The van der Waals surface area contributed by atoms with Crippen LogP contribution in [-0.2, 0) is 4.79 Å². The van der Waals surface area contributed by atoms with Gasteiger partial charge in [-0.05, 0) is 24.6 Å². The molecule has 0 aromatic heterocycles. The molecule has 1 aliphatic rings. The summed E-state index contributed by atoms with van der Waals surface area (Å²) < 4.78 is 0. The van der Waals surface area contributed by atoms with Gasteiger partial charge in [0.2, 0.25) is 5.91 Å². The van der Waals surface area contributed by atoms with Gasteiger partial charge in [0.05, 0.1) is 0 Å². The Kier molecular flexibility index (Phi) is 3.13. The van der Waals surface area contributed by atoms with Gasteiger partial charge in [-0.2, -0.15) is 0 Å². The Bertz CT molecular complexity index is 454. The average Bonchev–Trinajstić information content (AvgIpc) is 2.74. The highest BCUT2D eigenvalue weighted by molar-refractivity contribution is 5.98. The molecule has 0 radical (unpaired) electrons. The van der Waals surface area contributed by atoms with Crippen LogP contribution in [0.4, 0.5) is 5.69 Å². The van der Waals surface area contributed by atoms with E-state index in [1.165, 1.54) is 4.90 Å². The van der Waals surface area contributed by atoms with Crippen LogP contribution in [-0.4, -0.2) is 37.4 Å². The fraction of sp³-hybridized carbons (Fsp3) is 0.385. The second-order valence-corrected chi connectivity index (χ2v) is 4.40. The van der Waals surface area contributed by atoms with E-state index in [9.17, 15) is 9.59 Å². The highest BCUT2D eigenvalue weighted by atomic mass is 16.2. The molecule has 1 heterocycles. The van der Waals surface area contributed by atoms with Crippen LogP contribution in [0.25, 0.3) is 0 Å². The zero-order valence-electron chi connectivity index (χ0n) is 10.1. The van der Waals surface area contributed by atoms with E-state index in [1.54, 1.807) is 31.1 Å². The van der Waals surface area contributed by atoms with Crippen molar-refractivity contribution < 1.29 is 9.59 Å². The van der Waals surface area contributed by atoms with Gasteiger partial charge in [-0.25, -0.2) is 0 Å². The Hall–Kier alpha value is -1.84. The van der Waals surface area contributed by atoms with E-state index in [1.807, 2.05) is 12.1 Å². The van der Waals surface area contributed by atoms with Gasteiger partial charge in [0, 0.05) is 38.3 Å². The Morgan fingerprint density at radius 2 is 2.12 bits per heavy atom. The van der Waals surface area contributed by atoms with Gasteiger partial charge < -0.3 is 9.80 Å². The van der Waals surface area contributed by atoms with E-state index >= 15 is 0 Å². The van der Waals surface area contributed by atoms with E-state index in [2.05, 4.69) is 0 Å². The van der Waals surface area contributed by atoms with Crippen molar-refractivity contribution in [1.29, 1.82) is 0 Å². The predicted octanol–water partition coefficient (Wildman–Crippen LogP) is 1.52. The van der Waals surface area contributed by atoms with Crippen LogP contribution < -0.4 is 4.90 Å². The molecule has 1 saturated heterocycles. The molecule has 4 heteroatoms. The van der Waals surface area contributed by atoms with Crippen LogP contribution in [0, 0.1) is 0 Å². The minimum Gasteiger partial charge on any atom is -0.345 e. The van der Waals surface area contributed by atoms with Gasteiger partial charge in [-0.15, -0.1) is 0 Å². The molecular formula is C13H16N2O2. The van der Waals surface area contributed by atoms with Gasteiger partial charge in [0.1, 0.15) is 0 Å². The Morgan fingerprint density at radius 3 is 2.71 bits per heavy atom. The molecule has 1 aliphatic heterocycles. The van der Waals surface area contributed by atoms with Gasteiger partial charge >= 0.3 is 0 Å². The molecular weight excluding hydrogens is 216 g/mol. The lowest BCUT2D eigenvalue weighted by molar-refractivity contribution is -0.117. The van der Waals surface area contributed by atoms with Crippen molar-refractivity contribution in [2.24, 2.45) is 0 Å². The van der Waals surface area contributed by atoms with Crippen LogP contribution >= 0.6 is 0 Å². The topological polar surface area (TPSA) is 40.6 Å². The SMILES string of the molecule is CN(C)C(=O)c1cccc(N2CCCC2=O)c1. The third-order valence-electron chi connectivity index (χ3n) is 2.88. The summed E-state index contributed by atoms with van der Waals surface area (Å²) in [6, 6.07) is 7.24. The Morgan fingerprint density at radius 1 is 1.35 bits per heavy atom. The maximum atomic E-state index is 11.8. The van der Waals surface area contributed by atoms with Crippen molar-refractivity contribution in [2.45, 2.75) is 12.8 Å². The monoisotopic (exact) mass is 232 g/mol. The van der Waals surface area contributed by atoms with Gasteiger partial charge in [-0.3, -0.25) is 9.59 Å². The number of amides is 2. The molecule has 2 rings (SSSR count). The summed E-state index contributed by atoms with van der Waals surface area (Å²) in [7, 11) is 3.44. The smallest absolute Gasteiger partial charge is 0.253 e. The largest absolute Gasteiger partial charge is 0.345 e. The van der Waals surface area contributed by atoms with Crippen molar-refractivity contribution in [2.75, 3.05) is 25.5 Å². The first-order valence-electron chi connectivity index (χ1n) is 5.71. The minimum atomic E-state index is -0.0431. The molecule has 2 amide bonds. The molecule has 0 saturated carbocycles. The molecule has 4 nitrogen and oxygen atoms in total. The van der Waals surface area contributed by atoms with Gasteiger partial charge in [-0.1, -0.05) is 6.07 Å². The lowest BCUT2D eigenvalue weighted by Gasteiger charge is -2.17. The number of nitrogens with zero attached hydrogens (tertiary/aromatic N) is 2. The second kappa shape index (κ2) is 4.57.